The van der Waals surface area contributed by atoms with Crippen molar-refractivity contribution in [1.82, 2.24) is 9.78 Å². The maximum Gasteiger partial charge on any atom is 0.336 e. The average Bonchev–Trinajstić information content (AvgIpc) is 2.55. The summed E-state index contributed by atoms with van der Waals surface area (Å²) in [7, 11) is 3.51. The number of rotatable bonds is 2. The van der Waals surface area contributed by atoms with E-state index in [9.17, 15) is 4.79 Å². The van der Waals surface area contributed by atoms with Crippen molar-refractivity contribution in [1.29, 1.82) is 0 Å². The number of fused-ring (bicyclic) bond motifs is 1. The number of anilines is 1. The quantitative estimate of drug-likeness (QED) is 0.775. The van der Waals surface area contributed by atoms with E-state index in [4.69, 9.17) is 5.11 Å². The molecule has 0 radical (unpaired) electrons. The first kappa shape index (κ1) is 9.51. The molecule has 0 aliphatic carbocycles. The third kappa shape index (κ3) is 1.32. The van der Waals surface area contributed by atoms with Gasteiger partial charge in [0.2, 0.25) is 0 Å². The minimum atomic E-state index is -0.940. The molecule has 78 valence electrons. The van der Waals surface area contributed by atoms with E-state index in [-0.39, 0.29) is 5.56 Å². The number of hydrogen-bond acceptors (Lipinski definition) is 3. The Morgan fingerprint density at radius 1 is 1.53 bits per heavy atom. The topological polar surface area (TPSA) is 67.2 Å². The predicted octanol–water partition coefficient (Wildman–Crippen LogP) is 1.31. The molecule has 5 heteroatoms. The Balaban J connectivity index is 2.88. The summed E-state index contributed by atoms with van der Waals surface area (Å²) in [5, 5.41) is 16.8. The van der Waals surface area contributed by atoms with Crippen LogP contribution in [0.15, 0.2) is 18.2 Å². The Kier molecular flexibility index (Phi) is 2.07. The van der Waals surface area contributed by atoms with Gasteiger partial charge in [0.05, 0.1) is 16.5 Å². The van der Waals surface area contributed by atoms with E-state index < -0.39 is 5.97 Å². The molecule has 5 nitrogen and oxygen atoms in total. The molecule has 1 heterocycles. The van der Waals surface area contributed by atoms with Gasteiger partial charge in [0.25, 0.3) is 0 Å². The lowest BCUT2D eigenvalue weighted by Crippen LogP contribution is -1.98. The Morgan fingerprint density at radius 2 is 2.27 bits per heavy atom. The second-order valence-electron chi connectivity index (χ2n) is 3.23. The van der Waals surface area contributed by atoms with Crippen LogP contribution in [0.4, 0.5) is 5.82 Å². The molecular formula is C10H11N3O2. The van der Waals surface area contributed by atoms with E-state index in [0.29, 0.717) is 11.2 Å². The number of carbonyl (C=O) groups is 1. The van der Waals surface area contributed by atoms with E-state index >= 15 is 0 Å². The Labute approximate surface area is 86.3 Å². The fourth-order valence-electron chi connectivity index (χ4n) is 1.67. The van der Waals surface area contributed by atoms with Crippen LogP contribution < -0.4 is 5.32 Å². The highest BCUT2D eigenvalue weighted by Crippen LogP contribution is 2.25. The number of nitrogens with zero attached hydrogens (tertiary/aromatic N) is 2. The summed E-state index contributed by atoms with van der Waals surface area (Å²) < 4.78 is 1.66. The van der Waals surface area contributed by atoms with Gasteiger partial charge >= 0.3 is 5.97 Å². The van der Waals surface area contributed by atoms with Gasteiger partial charge < -0.3 is 10.4 Å². The molecule has 0 aliphatic heterocycles. The first-order chi connectivity index (χ1) is 7.15. The van der Waals surface area contributed by atoms with Crippen LogP contribution in [0.3, 0.4) is 0 Å². The number of aromatic nitrogens is 2. The molecule has 1 aromatic carbocycles. The average molecular weight is 205 g/mol. The van der Waals surface area contributed by atoms with Crippen molar-refractivity contribution in [2.75, 3.05) is 12.4 Å². The van der Waals surface area contributed by atoms with E-state index in [1.54, 1.807) is 30.9 Å². The summed E-state index contributed by atoms with van der Waals surface area (Å²) in [6, 6.07) is 5.13. The number of aryl methyl sites for hydroxylation is 1. The Bertz CT molecular complexity index is 531. The molecule has 2 N–H and O–H groups in total. The molecule has 0 spiro atoms. The highest BCUT2D eigenvalue weighted by Gasteiger charge is 2.15. The standard InChI is InChI=1S/C10H11N3O2/c1-11-9-8-6(10(14)15)4-3-5-7(8)13(2)12-9/h3-5H,1-2H3,(H,11,12)(H,14,15). The van der Waals surface area contributed by atoms with Crippen LogP contribution in [-0.2, 0) is 7.05 Å². The van der Waals surface area contributed by atoms with Gasteiger partial charge in [0.1, 0.15) is 0 Å². The summed E-state index contributed by atoms with van der Waals surface area (Å²) in [6.45, 7) is 0. The molecule has 1 aromatic heterocycles. The highest BCUT2D eigenvalue weighted by molar-refractivity contribution is 6.07. The SMILES string of the molecule is CNc1nn(C)c2cccc(C(=O)O)c12. The van der Waals surface area contributed by atoms with Gasteiger partial charge in [0, 0.05) is 14.1 Å². The van der Waals surface area contributed by atoms with Gasteiger partial charge in [-0.05, 0) is 12.1 Å². The minimum Gasteiger partial charge on any atom is -0.478 e. The van der Waals surface area contributed by atoms with Gasteiger partial charge in [-0.3, -0.25) is 4.68 Å². The van der Waals surface area contributed by atoms with Crippen LogP contribution in [-0.4, -0.2) is 27.9 Å². The third-order valence-electron chi connectivity index (χ3n) is 2.35. The van der Waals surface area contributed by atoms with Gasteiger partial charge in [-0.1, -0.05) is 6.07 Å². The summed E-state index contributed by atoms with van der Waals surface area (Å²) >= 11 is 0. The number of aromatic carboxylic acids is 1. The van der Waals surface area contributed by atoms with Crippen molar-refractivity contribution < 1.29 is 9.90 Å². The highest BCUT2D eigenvalue weighted by atomic mass is 16.4. The zero-order valence-electron chi connectivity index (χ0n) is 8.48. The maximum atomic E-state index is 11.0. The summed E-state index contributed by atoms with van der Waals surface area (Å²) in [5.41, 5.74) is 1.07. The zero-order valence-corrected chi connectivity index (χ0v) is 8.48. The maximum absolute atomic E-state index is 11.0. The third-order valence-corrected chi connectivity index (χ3v) is 2.35. The predicted molar refractivity (Wildman–Crippen MR) is 57.2 cm³/mol. The number of benzene rings is 1. The van der Waals surface area contributed by atoms with Crippen LogP contribution in [0, 0.1) is 0 Å². The minimum absolute atomic E-state index is 0.268. The molecule has 0 unspecified atom stereocenters. The van der Waals surface area contributed by atoms with Crippen molar-refractivity contribution in [3.8, 4) is 0 Å². The van der Waals surface area contributed by atoms with E-state index in [1.165, 1.54) is 0 Å². The van der Waals surface area contributed by atoms with Crippen LogP contribution >= 0.6 is 0 Å². The van der Waals surface area contributed by atoms with E-state index in [1.807, 2.05) is 6.07 Å². The Hall–Kier alpha value is -2.04. The van der Waals surface area contributed by atoms with E-state index in [0.717, 1.165) is 5.52 Å². The molecule has 0 saturated heterocycles. The molecule has 0 aliphatic rings. The van der Waals surface area contributed by atoms with Crippen LogP contribution in [0.1, 0.15) is 10.4 Å². The molecule has 2 rings (SSSR count). The molecule has 2 aromatic rings. The second-order valence-corrected chi connectivity index (χ2v) is 3.23. The van der Waals surface area contributed by atoms with Crippen molar-refractivity contribution >= 4 is 22.7 Å². The molecule has 0 amide bonds. The van der Waals surface area contributed by atoms with Crippen LogP contribution in [0.25, 0.3) is 10.9 Å². The first-order valence-corrected chi connectivity index (χ1v) is 4.52. The monoisotopic (exact) mass is 205 g/mol. The number of carboxylic acids is 1. The summed E-state index contributed by atoms with van der Waals surface area (Å²) in [6.07, 6.45) is 0. The molecule has 0 bridgehead atoms. The van der Waals surface area contributed by atoms with Gasteiger partial charge in [0.15, 0.2) is 5.82 Å². The largest absolute Gasteiger partial charge is 0.478 e. The van der Waals surface area contributed by atoms with Crippen LogP contribution in [0.2, 0.25) is 0 Å². The van der Waals surface area contributed by atoms with Crippen molar-refractivity contribution in [3.63, 3.8) is 0 Å². The normalized spacial score (nSPS) is 10.5. The van der Waals surface area contributed by atoms with Gasteiger partial charge in [-0.2, -0.15) is 5.10 Å². The molecule has 15 heavy (non-hydrogen) atoms. The number of carboxylic acid groups (broad SMARTS) is 1. The molecule has 0 atom stereocenters. The molecular weight excluding hydrogens is 194 g/mol. The molecule has 0 fully saturated rings. The smallest absolute Gasteiger partial charge is 0.336 e. The number of hydrogen-bond donors (Lipinski definition) is 2. The van der Waals surface area contributed by atoms with Gasteiger partial charge in [-0.25, -0.2) is 4.79 Å². The lowest BCUT2D eigenvalue weighted by Gasteiger charge is -1.99. The lowest BCUT2D eigenvalue weighted by molar-refractivity contribution is 0.0699. The molecule has 0 saturated carbocycles. The lowest BCUT2D eigenvalue weighted by atomic mass is 10.1. The fourth-order valence-corrected chi connectivity index (χ4v) is 1.67. The van der Waals surface area contributed by atoms with Gasteiger partial charge in [-0.15, -0.1) is 0 Å². The zero-order chi connectivity index (χ0) is 11.0. The van der Waals surface area contributed by atoms with Crippen molar-refractivity contribution in [2.24, 2.45) is 7.05 Å². The van der Waals surface area contributed by atoms with E-state index in [2.05, 4.69) is 10.4 Å². The number of nitrogens with one attached hydrogen (secondary N) is 1. The summed E-state index contributed by atoms with van der Waals surface area (Å²) in [4.78, 5) is 11.0. The fraction of sp³-hybridized carbons (Fsp3) is 0.200. The van der Waals surface area contributed by atoms with Crippen LogP contribution in [0.5, 0.6) is 0 Å². The summed E-state index contributed by atoms with van der Waals surface area (Å²) in [5.74, 6) is -0.351. The Morgan fingerprint density at radius 3 is 2.87 bits per heavy atom. The van der Waals surface area contributed by atoms with Crippen molar-refractivity contribution in [2.45, 2.75) is 0 Å². The van der Waals surface area contributed by atoms with Crippen molar-refractivity contribution in [3.05, 3.63) is 23.8 Å². The first-order valence-electron chi connectivity index (χ1n) is 4.52. The second kappa shape index (κ2) is 3.27.